The lowest BCUT2D eigenvalue weighted by Gasteiger charge is -2.53. The average molecular weight is 1020 g/mol. The van der Waals surface area contributed by atoms with Gasteiger partial charge in [-0.2, -0.15) is 0 Å². The van der Waals surface area contributed by atoms with Gasteiger partial charge in [-0.1, -0.05) is 102 Å². The van der Waals surface area contributed by atoms with E-state index < -0.39 is 47.3 Å². The third kappa shape index (κ3) is 7.75. The molecular formula is C63H76N2O10. The molecule has 0 bridgehead atoms. The third-order valence-corrected chi connectivity index (χ3v) is 21.1. The van der Waals surface area contributed by atoms with E-state index >= 15 is 0 Å². The molecule has 75 heavy (non-hydrogen) atoms. The second-order valence-electron chi connectivity index (χ2n) is 25.4. The van der Waals surface area contributed by atoms with Gasteiger partial charge in [-0.3, -0.25) is 10.6 Å². The van der Waals surface area contributed by atoms with E-state index in [-0.39, 0.29) is 47.1 Å². The zero-order valence-electron chi connectivity index (χ0n) is 44.4. The summed E-state index contributed by atoms with van der Waals surface area (Å²) in [5.41, 5.74) is 6.99. The molecule has 2 aromatic rings. The van der Waals surface area contributed by atoms with Gasteiger partial charge in [-0.15, -0.1) is 0 Å². The highest BCUT2D eigenvalue weighted by atomic mass is 16.8. The lowest BCUT2D eigenvalue weighted by molar-refractivity contribution is -0.0988. The Morgan fingerprint density at radius 1 is 0.827 bits per heavy atom. The minimum Gasteiger partial charge on any atom is -0.490 e. The van der Waals surface area contributed by atoms with Crippen molar-refractivity contribution in [2.75, 3.05) is 17.2 Å². The lowest BCUT2D eigenvalue weighted by Crippen LogP contribution is -2.70. The molecule has 2 amide bonds. The normalized spacial score (nSPS) is 41.6. The number of carbonyl (C=O) groups is 2. The van der Waals surface area contributed by atoms with Crippen molar-refractivity contribution in [2.24, 2.45) is 46.3 Å². The largest absolute Gasteiger partial charge is 0.490 e. The van der Waals surface area contributed by atoms with Crippen molar-refractivity contribution < 1.29 is 48.2 Å². The number of nitrogens with one attached hydrogen (secondary N) is 2. The van der Waals surface area contributed by atoms with E-state index in [1.165, 1.54) is 36.0 Å². The zero-order chi connectivity index (χ0) is 52.0. The minimum absolute atomic E-state index is 0.0793. The fraction of sp³-hybridized carbons (Fsp3) is 0.587. The quantitative estimate of drug-likeness (QED) is 0.119. The molecule has 0 aromatic heterocycles. The molecule has 4 heterocycles. The van der Waals surface area contributed by atoms with Gasteiger partial charge in [-0.25, -0.2) is 9.59 Å². The van der Waals surface area contributed by atoms with Crippen LogP contribution in [0.15, 0.2) is 120 Å². The molecule has 3 saturated heterocycles. The van der Waals surface area contributed by atoms with E-state index in [0.29, 0.717) is 60.9 Å². The Bertz CT molecular complexity index is 2830. The molecule has 3 unspecified atom stereocenters. The molecule has 9 fully saturated rings. The Morgan fingerprint density at radius 2 is 1.53 bits per heavy atom. The van der Waals surface area contributed by atoms with Crippen LogP contribution >= 0.6 is 0 Å². The number of rotatable bonds is 12. The van der Waals surface area contributed by atoms with Crippen LogP contribution in [0.3, 0.4) is 0 Å². The van der Waals surface area contributed by atoms with Crippen LogP contribution in [0.5, 0.6) is 0 Å². The number of ether oxygens (including phenoxy) is 6. The Morgan fingerprint density at radius 3 is 2.23 bits per heavy atom. The zero-order valence-corrected chi connectivity index (χ0v) is 44.4. The number of benzene rings is 2. The van der Waals surface area contributed by atoms with Crippen LogP contribution in [-0.2, 0) is 34.8 Å². The van der Waals surface area contributed by atoms with Crippen LogP contribution in [0, 0.1) is 46.3 Å². The summed E-state index contributed by atoms with van der Waals surface area (Å²) in [6, 6.07) is 15.4. The Balaban J connectivity index is 0.609. The molecule has 398 valence electrons. The highest BCUT2D eigenvalue weighted by Gasteiger charge is 3.01. The van der Waals surface area contributed by atoms with Gasteiger partial charge in [0, 0.05) is 23.2 Å². The van der Waals surface area contributed by atoms with Crippen molar-refractivity contribution in [3.05, 3.63) is 131 Å². The Hall–Kier alpha value is -4.98. The SMILES string of the molecule is C=C1OCC2=C1CC[C@@]1(C)[C@H]2C[C@@H]2O[C@@]23[C@H](OC(=O)Nc2ccc(Cc4ccc(NC(=O)O[C@H]5C[C@H](O)C/C(=C/C=C6\CCC[C@@]7(C)C6CCC7[C@@H](C)/C=C/C(O)C6CC6)C5=C)cc4)cc2)[C@@]2(C(C)C)O[C@H]2[C@@H]2O[C@@]231. The number of allylic oxidation sites excluding steroid dienone is 5. The molecular weight excluding hydrogens is 945 g/mol. The van der Waals surface area contributed by atoms with Gasteiger partial charge in [0.15, 0.2) is 11.7 Å². The van der Waals surface area contributed by atoms with E-state index in [9.17, 15) is 19.8 Å². The highest BCUT2D eigenvalue weighted by molar-refractivity contribution is 5.86. The topological polar surface area (TPSA) is 164 Å². The summed E-state index contributed by atoms with van der Waals surface area (Å²) >= 11 is 0. The number of fused-ring (bicyclic) bond motifs is 5. The molecule has 2 aromatic carbocycles. The number of carbonyl (C=O) groups excluding carboxylic acids is 2. The summed E-state index contributed by atoms with van der Waals surface area (Å²) in [6.07, 6.45) is 17.1. The number of hydrogen-bond acceptors (Lipinski definition) is 10. The fourth-order valence-corrected chi connectivity index (χ4v) is 16.9. The molecule has 4 aliphatic heterocycles. The second-order valence-corrected chi connectivity index (χ2v) is 25.4. The number of epoxide rings is 3. The molecule has 4 N–H and O–H groups in total. The van der Waals surface area contributed by atoms with E-state index in [1.54, 1.807) is 0 Å². The maximum atomic E-state index is 14.0. The van der Waals surface area contributed by atoms with E-state index in [4.69, 9.17) is 28.4 Å². The molecule has 16 atom stereocenters. The average Bonchev–Trinajstić information content (AvgIpc) is 4.36. The molecule has 6 saturated carbocycles. The summed E-state index contributed by atoms with van der Waals surface area (Å²) in [7, 11) is 0. The van der Waals surface area contributed by atoms with Gasteiger partial charge in [0.1, 0.15) is 41.9 Å². The summed E-state index contributed by atoms with van der Waals surface area (Å²) in [5.74, 6) is 3.09. The second kappa shape index (κ2) is 17.8. The molecule has 7 aliphatic carbocycles. The van der Waals surface area contributed by atoms with Gasteiger partial charge in [0.2, 0.25) is 0 Å². The van der Waals surface area contributed by atoms with Gasteiger partial charge in [0.25, 0.3) is 0 Å². The predicted molar refractivity (Wildman–Crippen MR) is 284 cm³/mol. The first-order chi connectivity index (χ1) is 36.0. The van der Waals surface area contributed by atoms with Crippen molar-refractivity contribution in [1.29, 1.82) is 0 Å². The van der Waals surface area contributed by atoms with Crippen molar-refractivity contribution >= 4 is 23.6 Å². The summed E-state index contributed by atoms with van der Waals surface area (Å²) < 4.78 is 38.8. The van der Waals surface area contributed by atoms with Crippen molar-refractivity contribution in [1.82, 2.24) is 0 Å². The number of hydrogen-bond donors (Lipinski definition) is 4. The van der Waals surface area contributed by atoms with Crippen molar-refractivity contribution in [2.45, 2.75) is 178 Å². The maximum absolute atomic E-state index is 14.0. The van der Waals surface area contributed by atoms with E-state index in [1.807, 2.05) is 48.5 Å². The molecule has 13 rings (SSSR count). The third-order valence-electron chi connectivity index (χ3n) is 21.1. The van der Waals surface area contributed by atoms with Gasteiger partial charge < -0.3 is 38.6 Å². The molecule has 12 heteroatoms. The van der Waals surface area contributed by atoms with Crippen LogP contribution in [0.2, 0.25) is 0 Å². The Kier molecular flexibility index (Phi) is 11.8. The van der Waals surface area contributed by atoms with Gasteiger partial charge in [0.05, 0.1) is 18.3 Å². The summed E-state index contributed by atoms with van der Waals surface area (Å²) in [4.78, 5) is 27.3. The molecule has 0 radical (unpaired) electrons. The Labute approximate surface area is 442 Å². The van der Waals surface area contributed by atoms with Crippen LogP contribution in [-0.4, -0.2) is 88.5 Å². The van der Waals surface area contributed by atoms with Crippen LogP contribution in [0.1, 0.15) is 123 Å². The molecule has 2 spiro atoms. The first kappa shape index (κ1) is 49.6. The highest BCUT2D eigenvalue weighted by Crippen LogP contribution is 2.83. The van der Waals surface area contributed by atoms with Crippen molar-refractivity contribution in [3.63, 3.8) is 0 Å². The number of aliphatic hydroxyl groups excluding tert-OH is 2. The smallest absolute Gasteiger partial charge is 0.412 e. The fourth-order valence-electron chi connectivity index (χ4n) is 16.9. The van der Waals surface area contributed by atoms with Crippen LogP contribution in [0.4, 0.5) is 21.0 Å². The maximum Gasteiger partial charge on any atom is 0.412 e. The van der Waals surface area contributed by atoms with Crippen LogP contribution < -0.4 is 10.6 Å². The molecule has 11 aliphatic rings. The number of amides is 2. The summed E-state index contributed by atoms with van der Waals surface area (Å²) in [5, 5.41) is 27.3. The van der Waals surface area contributed by atoms with Crippen LogP contribution in [0.25, 0.3) is 0 Å². The van der Waals surface area contributed by atoms with Crippen molar-refractivity contribution in [3.8, 4) is 0 Å². The number of anilines is 2. The van der Waals surface area contributed by atoms with E-state index in [0.717, 1.165) is 73.0 Å². The van der Waals surface area contributed by atoms with Gasteiger partial charge in [-0.05, 0) is 176 Å². The predicted octanol–water partition coefficient (Wildman–Crippen LogP) is 11.6. The first-order valence-electron chi connectivity index (χ1n) is 28.3. The monoisotopic (exact) mass is 1020 g/mol. The summed E-state index contributed by atoms with van der Waals surface area (Å²) in [6.45, 7) is 20.6. The molecule has 12 nitrogen and oxygen atoms in total. The van der Waals surface area contributed by atoms with E-state index in [2.05, 4.69) is 82.7 Å². The standard InChI is InChI=1S/C63H76N2O10/c1-34(2)61-54(74-61)55-63(75-55)60(7)28-26-46-37(5)70-33-47(46)50(60)32-53-62(63,73-53)56(61)72-58(69)65-44-21-13-39(14-22-44)29-38-11-19-43(20-12-38)64-57(68)71-52-31-45(66)30-42(36(52)4)18-15-40-9-8-27-59(6)48(23-24-49(40)59)35(3)10-25-51(67)41-16-17-41/h10-15,18-22,25,34-35,41,45,48-56,66-67H,4-5,8-9,16-17,23-24,26-33H2,1-3,6-7H3,(H,64,68)(H,65,69)/b25-10+,40-15+,42-18-/t35-,45+,48?,49?,50-,51?,52-,53-,54-,55-,56+,59+,60-,61-,62+,63+/m0/s1. The first-order valence-corrected chi connectivity index (χ1v) is 28.3. The lowest BCUT2D eigenvalue weighted by atomic mass is 9.46. The minimum atomic E-state index is -0.771. The number of aliphatic hydroxyl groups is 2. The van der Waals surface area contributed by atoms with Gasteiger partial charge >= 0.3 is 12.2 Å².